The topological polar surface area (TPSA) is 46.2 Å². The number of ether oxygens (including phenoxy) is 5. The van der Waals surface area contributed by atoms with Gasteiger partial charge in [-0.05, 0) is 35.9 Å². The van der Waals surface area contributed by atoms with Gasteiger partial charge < -0.3 is 23.7 Å². The van der Waals surface area contributed by atoms with Crippen molar-refractivity contribution < 1.29 is 23.7 Å². The highest BCUT2D eigenvalue weighted by atomic mass is 16.5. The van der Waals surface area contributed by atoms with Crippen LogP contribution in [-0.4, -0.2) is 34.5 Å². The molecule has 2 aromatic carbocycles. The van der Waals surface area contributed by atoms with Gasteiger partial charge in [0.2, 0.25) is 5.75 Å². The van der Waals surface area contributed by atoms with E-state index in [1.54, 1.807) is 27.4 Å². The van der Waals surface area contributed by atoms with Crippen LogP contribution in [0.5, 0.6) is 28.7 Å². The summed E-state index contributed by atoms with van der Waals surface area (Å²) in [5, 5.41) is 0. The maximum Gasteiger partial charge on any atom is 0.203 e. The molecule has 0 heterocycles. The molecule has 0 aliphatic carbocycles. The first-order chi connectivity index (χ1) is 12.7. The first-order valence-corrected chi connectivity index (χ1v) is 8.15. The van der Waals surface area contributed by atoms with Crippen molar-refractivity contribution in [3.8, 4) is 28.7 Å². The van der Waals surface area contributed by atoms with E-state index in [-0.39, 0.29) is 0 Å². The highest BCUT2D eigenvalue weighted by Gasteiger charge is 2.11. The lowest BCUT2D eigenvalue weighted by molar-refractivity contribution is 0.324. The van der Waals surface area contributed by atoms with Crippen LogP contribution in [0.1, 0.15) is 5.56 Å². The number of hydrogen-bond acceptors (Lipinski definition) is 5. The second kappa shape index (κ2) is 10.0. The molecule has 0 atom stereocenters. The van der Waals surface area contributed by atoms with E-state index in [2.05, 4.69) is 6.58 Å². The van der Waals surface area contributed by atoms with Gasteiger partial charge in [-0.15, -0.1) is 0 Å². The molecule has 0 saturated heterocycles. The Kier molecular flexibility index (Phi) is 7.43. The predicted octanol–water partition coefficient (Wildman–Crippen LogP) is 4.37. The molecule has 5 heteroatoms. The summed E-state index contributed by atoms with van der Waals surface area (Å²) < 4.78 is 27.2. The highest BCUT2D eigenvalue weighted by Crippen LogP contribution is 2.38. The summed E-state index contributed by atoms with van der Waals surface area (Å²) in [7, 11) is 4.77. The molecule has 138 valence electrons. The quantitative estimate of drug-likeness (QED) is 0.592. The van der Waals surface area contributed by atoms with Gasteiger partial charge in [-0.3, -0.25) is 0 Å². The van der Waals surface area contributed by atoms with Gasteiger partial charge in [0.05, 0.1) is 21.3 Å². The van der Waals surface area contributed by atoms with Crippen LogP contribution in [-0.2, 0) is 0 Å². The largest absolute Gasteiger partial charge is 0.493 e. The average Bonchev–Trinajstić information content (AvgIpc) is 2.69. The third-order valence-corrected chi connectivity index (χ3v) is 3.52. The van der Waals surface area contributed by atoms with Gasteiger partial charge in [0.15, 0.2) is 11.5 Å². The third-order valence-electron chi connectivity index (χ3n) is 3.52. The fourth-order valence-electron chi connectivity index (χ4n) is 2.34. The van der Waals surface area contributed by atoms with Crippen molar-refractivity contribution in [1.29, 1.82) is 0 Å². The van der Waals surface area contributed by atoms with E-state index >= 15 is 0 Å². The Labute approximate surface area is 154 Å². The third kappa shape index (κ3) is 5.21. The van der Waals surface area contributed by atoms with E-state index in [0.29, 0.717) is 30.5 Å². The molecule has 2 rings (SSSR count). The molecule has 0 aliphatic rings. The fraction of sp³-hybridized carbons (Fsp3) is 0.238. The molecule has 26 heavy (non-hydrogen) atoms. The van der Waals surface area contributed by atoms with E-state index in [9.17, 15) is 0 Å². The molecule has 0 saturated carbocycles. The van der Waals surface area contributed by atoms with Crippen molar-refractivity contribution >= 4 is 6.08 Å². The zero-order valence-corrected chi connectivity index (χ0v) is 15.4. The maximum absolute atomic E-state index is 5.73. The van der Waals surface area contributed by atoms with E-state index in [1.165, 1.54) is 0 Å². The van der Waals surface area contributed by atoms with Gasteiger partial charge in [-0.25, -0.2) is 0 Å². The van der Waals surface area contributed by atoms with E-state index in [4.69, 9.17) is 23.7 Å². The van der Waals surface area contributed by atoms with Crippen LogP contribution in [0.2, 0.25) is 0 Å². The second-order valence-electron chi connectivity index (χ2n) is 5.25. The molecule has 0 aliphatic heterocycles. The summed E-state index contributed by atoms with van der Waals surface area (Å²) in [6, 6.07) is 11.2. The van der Waals surface area contributed by atoms with E-state index in [0.717, 1.165) is 17.1 Å². The number of rotatable bonds is 10. The second-order valence-corrected chi connectivity index (χ2v) is 5.25. The van der Waals surface area contributed by atoms with Crippen LogP contribution >= 0.6 is 0 Å². The van der Waals surface area contributed by atoms with Crippen LogP contribution in [0, 0.1) is 0 Å². The van der Waals surface area contributed by atoms with Gasteiger partial charge in [0.1, 0.15) is 24.7 Å². The molecule has 0 fully saturated rings. The molecule has 0 N–H and O–H groups in total. The SMILES string of the molecule is C=CCOc1cccc(OCC=Cc2cc(OC)c(OC)c(OC)c2)c1. The molecule has 5 nitrogen and oxygen atoms in total. The predicted molar refractivity (Wildman–Crippen MR) is 103 cm³/mol. The smallest absolute Gasteiger partial charge is 0.203 e. The molecule has 0 amide bonds. The van der Waals surface area contributed by atoms with Crippen LogP contribution in [0.25, 0.3) is 6.08 Å². The molecular weight excluding hydrogens is 332 g/mol. The Balaban J connectivity index is 2.01. The molecule has 0 aromatic heterocycles. The molecular formula is C21H24O5. The van der Waals surface area contributed by atoms with Crippen molar-refractivity contribution in [3.63, 3.8) is 0 Å². The Morgan fingerprint density at radius 2 is 1.46 bits per heavy atom. The van der Waals surface area contributed by atoms with Crippen molar-refractivity contribution in [3.05, 3.63) is 60.7 Å². The normalized spacial score (nSPS) is 10.4. The molecule has 0 spiro atoms. The number of benzene rings is 2. The van der Waals surface area contributed by atoms with Crippen molar-refractivity contribution in [2.75, 3.05) is 34.5 Å². The maximum atomic E-state index is 5.73. The van der Waals surface area contributed by atoms with Gasteiger partial charge in [-0.1, -0.05) is 24.8 Å². The monoisotopic (exact) mass is 356 g/mol. The van der Waals surface area contributed by atoms with Crippen LogP contribution in [0.4, 0.5) is 0 Å². The fourth-order valence-corrected chi connectivity index (χ4v) is 2.34. The first-order valence-electron chi connectivity index (χ1n) is 8.15. The summed E-state index contributed by atoms with van der Waals surface area (Å²) >= 11 is 0. The van der Waals surface area contributed by atoms with Crippen molar-refractivity contribution in [1.82, 2.24) is 0 Å². The van der Waals surface area contributed by atoms with Gasteiger partial charge in [-0.2, -0.15) is 0 Å². The summed E-state index contributed by atoms with van der Waals surface area (Å²) in [4.78, 5) is 0. The first kappa shape index (κ1) is 19.2. The lowest BCUT2D eigenvalue weighted by Crippen LogP contribution is -1.97. The van der Waals surface area contributed by atoms with Gasteiger partial charge in [0, 0.05) is 6.07 Å². The number of hydrogen-bond donors (Lipinski definition) is 0. The Hall–Kier alpha value is -3.08. The lowest BCUT2D eigenvalue weighted by atomic mass is 10.1. The Morgan fingerprint density at radius 3 is 2.00 bits per heavy atom. The average molecular weight is 356 g/mol. The molecule has 0 radical (unpaired) electrons. The minimum atomic E-state index is 0.418. The highest BCUT2D eigenvalue weighted by molar-refractivity contribution is 5.62. The number of methoxy groups -OCH3 is 3. The van der Waals surface area contributed by atoms with Gasteiger partial charge >= 0.3 is 0 Å². The summed E-state index contributed by atoms with van der Waals surface area (Å²) in [6.07, 6.45) is 5.55. The van der Waals surface area contributed by atoms with Crippen molar-refractivity contribution in [2.24, 2.45) is 0 Å². The van der Waals surface area contributed by atoms with E-state index in [1.807, 2.05) is 48.6 Å². The summed E-state index contributed by atoms with van der Waals surface area (Å²) in [5.74, 6) is 3.27. The summed E-state index contributed by atoms with van der Waals surface area (Å²) in [5.41, 5.74) is 0.922. The molecule has 2 aromatic rings. The van der Waals surface area contributed by atoms with Gasteiger partial charge in [0.25, 0.3) is 0 Å². The standard InChI is InChI=1S/C21H24O5/c1-5-11-25-17-9-6-10-18(15-17)26-12-7-8-16-13-19(22-2)21(24-4)20(14-16)23-3/h5-10,13-15H,1,11-12H2,2-4H3. The molecule has 0 unspecified atom stereocenters. The minimum absolute atomic E-state index is 0.418. The lowest BCUT2D eigenvalue weighted by Gasteiger charge is -2.12. The van der Waals surface area contributed by atoms with Crippen LogP contribution in [0.3, 0.4) is 0 Å². The Morgan fingerprint density at radius 1 is 0.846 bits per heavy atom. The van der Waals surface area contributed by atoms with Crippen LogP contribution in [0.15, 0.2) is 55.1 Å². The van der Waals surface area contributed by atoms with Crippen LogP contribution < -0.4 is 23.7 Å². The molecule has 0 bridgehead atoms. The minimum Gasteiger partial charge on any atom is -0.493 e. The van der Waals surface area contributed by atoms with Crippen molar-refractivity contribution in [2.45, 2.75) is 0 Å². The zero-order valence-electron chi connectivity index (χ0n) is 15.4. The van der Waals surface area contributed by atoms with E-state index < -0.39 is 0 Å². The Bertz CT molecular complexity index is 727. The summed E-state index contributed by atoms with van der Waals surface area (Å²) in [6.45, 7) is 4.51. The zero-order chi connectivity index (χ0) is 18.8.